The number of aromatic nitrogens is 1. The molecule has 0 saturated heterocycles. The number of benzene rings is 2. The number of halogens is 1. The molecule has 0 aliphatic rings. The van der Waals surface area contributed by atoms with Crippen molar-refractivity contribution in [2.75, 3.05) is 5.32 Å². The average Bonchev–Trinajstić information content (AvgIpc) is 3.35. The van der Waals surface area contributed by atoms with E-state index in [-0.39, 0.29) is 12.3 Å². The normalized spacial score (nSPS) is 10.7. The van der Waals surface area contributed by atoms with Gasteiger partial charge in [-0.1, -0.05) is 54.1 Å². The SMILES string of the molecule is O=C(Cc1csc(-c2ccccc2Cl)n1)Nc1ccccc1-c1cccs1. The van der Waals surface area contributed by atoms with Crippen molar-refractivity contribution in [2.45, 2.75) is 6.42 Å². The lowest BCUT2D eigenvalue weighted by Crippen LogP contribution is -2.15. The molecular formula is C21H15ClN2OS2. The number of nitrogens with one attached hydrogen (secondary N) is 1. The predicted octanol–water partition coefficient (Wildman–Crippen LogP) is 6.37. The van der Waals surface area contributed by atoms with Gasteiger partial charge in [-0.05, 0) is 23.6 Å². The zero-order valence-electron chi connectivity index (χ0n) is 14.2. The van der Waals surface area contributed by atoms with Crippen LogP contribution in [0.5, 0.6) is 0 Å². The molecule has 134 valence electrons. The molecule has 0 atom stereocenters. The van der Waals surface area contributed by atoms with Crippen molar-refractivity contribution in [2.24, 2.45) is 0 Å². The summed E-state index contributed by atoms with van der Waals surface area (Å²) < 4.78 is 0. The Labute approximate surface area is 170 Å². The van der Waals surface area contributed by atoms with Crippen LogP contribution in [-0.2, 0) is 11.2 Å². The summed E-state index contributed by atoms with van der Waals surface area (Å²) in [5.41, 5.74) is 3.46. The molecule has 2 heterocycles. The van der Waals surface area contributed by atoms with Crippen LogP contribution >= 0.6 is 34.3 Å². The third-order valence-electron chi connectivity index (χ3n) is 3.99. The van der Waals surface area contributed by atoms with Gasteiger partial charge >= 0.3 is 0 Å². The highest BCUT2D eigenvalue weighted by molar-refractivity contribution is 7.13. The molecule has 0 aliphatic heterocycles. The molecule has 0 saturated carbocycles. The van der Waals surface area contributed by atoms with Crippen LogP contribution in [0.2, 0.25) is 5.02 Å². The maximum atomic E-state index is 12.5. The highest BCUT2D eigenvalue weighted by atomic mass is 35.5. The average molecular weight is 411 g/mol. The van der Waals surface area contributed by atoms with Gasteiger partial charge in [0.25, 0.3) is 0 Å². The largest absolute Gasteiger partial charge is 0.325 e. The number of rotatable bonds is 5. The summed E-state index contributed by atoms with van der Waals surface area (Å²) in [6.07, 6.45) is 0.222. The molecule has 1 N–H and O–H groups in total. The number of thiazole rings is 1. The topological polar surface area (TPSA) is 42.0 Å². The van der Waals surface area contributed by atoms with Crippen molar-refractivity contribution in [1.82, 2.24) is 4.98 Å². The van der Waals surface area contributed by atoms with E-state index in [0.29, 0.717) is 5.02 Å². The van der Waals surface area contributed by atoms with Gasteiger partial charge in [0.2, 0.25) is 5.91 Å². The van der Waals surface area contributed by atoms with Crippen molar-refractivity contribution in [3.05, 3.63) is 82.1 Å². The number of anilines is 1. The van der Waals surface area contributed by atoms with Crippen LogP contribution in [0.15, 0.2) is 71.4 Å². The van der Waals surface area contributed by atoms with E-state index in [2.05, 4.69) is 10.3 Å². The Bertz CT molecular complexity index is 1070. The summed E-state index contributed by atoms with van der Waals surface area (Å²) in [4.78, 5) is 18.2. The van der Waals surface area contributed by atoms with Gasteiger partial charge in [0, 0.05) is 27.1 Å². The Morgan fingerprint density at radius 1 is 0.963 bits per heavy atom. The van der Waals surface area contributed by atoms with Crippen molar-refractivity contribution in [1.29, 1.82) is 0 Å². The molecule has 4 rings (SSSR count). The van der Waals surface area contributed by atoms with Crippen LogP contribution < -0.4 is 5.32 Å². The lowest BCUT2D eigenvalue weighted by molar-refractivity contribution is -0.115. The number of amides is 1. The third kappa shape index (κ3) is 4.11. The number of carbonyl (C=O) groups excluding carboxylic acids is 1. The minimum absolute atomic E-state index is 0.0879. The lowest BCUT2D eigenvalue weighted by atomic mass is 10.1. The summed E-state index contributed by atoms with van der Waals surface area (Å²) in [5, 5.41) is 8.43. The molecule has 1 amide bonds. The highest BCUT2D eigenvalue weighted by Gasteiger charge is 2.13. The molecule has 2 aromatic carbocycles. The summed E-state index contributed by atoms with van der Waals surface area (Å²) in [6.45, 7) is 0. The van der Waals surface area contributed by atoms with Gasteiger partial charge < -0.3 is 5.32 Å². The molecule has 0 unspecified atom stereocenters. The van der Waals surface area contributed by atoms with Crippen LogP contribution in [0.25, 0.3) is 21.0 Å². The number of hydrogen-bond acceptors (Lipinski definition) is 4. The fourth-order valence-electron chi connectivity index (χ4n) is 2.74. The van der Waals surface area contributed by atoms with Gasteiger partial charge in [-0.2, -0.15) is 0 Å². The molecule has 6 heteroatoms. The Kier molecular flexibility index (Phi) is 5.34. The summed E-state index contributed by atoms with van der Waals surface area (Å²) >= 11 is 9.38. The summed E-state index contributed by atoms with van der Waals surface area (Å²) in [5.74, 6) is -0.0879. The van der Waals surface area contributed by atoms with E-state index in [4.69, 9.17) is 11.6 Å². The number of hydrogen-bond donors (Lipinski definition) is 1. The van der Waals surface area contributed by atoms with E-state index in [1.54, 1.807) is 11.3 Å². The van der Waals surface area contributed by atoms with E-state index < -0.39 is 0 Å². The molecule has 0 aliphatic carbocycles. The van der Waals surface area contributed by atoms with Crippen molar-refractivity contribution >= 4 is 45.9 Å². The molecule has 0 radical (unpaired) electrons. The van der Waals surface area contributed by atoms with Crippen LogP contribution in [0.4, 0.5) is 5.69 Å². The minimum Gasteiger partial charge on any atom is -0.325 e. The van der Waals surface area contributed by atoms with Gasteiger partial charge in [0.1, 0.15) is 5.01 Å². The van der Waals surface area contributed by atoms with Gasteiger partial charge in [-0.25, -0.2) is 4.98 Å². The van der Waals surface area contributed by atoms with E-state index in [1.807, 2.05) is 71.4 Å². The van der Waals surface area contributed by atoms with Crippen molar-refractivity contribution in [3.63, 3.8) is 0 Å². The van der Waals surface area contributed by atoms with E-state index >= 15 is 0 Å². The minimum atomic E-state index is -0.0879. The Balaban J connectivity index is 1.49. The molecule has 4 aromatic rings. The fourth-order valence-corrected chi connectivity index (χ4v) is 4.65. The zero-order valence-corrected chi connectivity index (χ0v) is 16.6. The van der Waals surface area contributed by atoms with E-state index in [1.165, 1.54) is 11.3 Å². The lowest BCUT2D eigenvalue weighted by Gasteiger charge is -2.09. The molecule has 27 heavy (non-hydrogen) atoms. The molecule has 3 nitrogen and oxygen atoms in total. The first-order valence-electron chi connectivity index (χ1n) is 8.33. The predicted molar refractivity (Wildman–Crippen MR) is 115 cm³/mol. The molecular weight excluding hydrogens is 396 g/mol. The number of thiophene rings is 1. The second kappa shape index (κ2) is 8.05. The second-order valence-corrected chi connectivity index (χ2v) is 8.08. The number of nitrogens with zero attached hydrogens (tertiary/aromatic N) is 1. The highest BCUT2D eigenvalue weighted by Crippen LogP contribution is 2.32. The second-order valence-electron chi connectivity index (χ2n) is 5.87. The standard InChI is InChI=1S/C21H15ClN2OS2/c22-17-8-3-1-6-15(17)21-23-14(13-27-21)12-20(25)24-18-9-4-2-7-16(18)19-10-5-11-26-19/h1-11,13H,12H2,(H,24,25). The van der Waals surface area contributed by atoms with Crippen molar-refractivity contribution < 1.29 is 4.79 Å². The van der Waals surface area contributed by atoms with Gasteiger partial charge in [-0.3, -0.25) is 4.79 Å². The maximum Gasteiger partial charge on any atom is 0.230 e. The summed E-state index contributed by atoms with van der Waals surface area (Å²) in [6, 6.07) is 19.5. The first-order valence-corrected chi connectivity index (χ1v) is 10.5. The monoisotopic (exact) mass is 410 g/mol. The van der Waals surface area contributed by atoms with Crippen molar-refractivity contribution in [3.8, 4) is 21.0 Å². The van der Waals surface area contributed by atoms with Crippen LogP contribution in [0, 0.1) is 0 Å². The quantitative estimate of drug-likeness (QED) is 0.415. The maximum absolute atomic E-state index is 12.5. The van der Waals surface area contributed by atoms with Crippen LogP contribution in [-0.4, -0.2) is 10.9 Å². The molecule has 0 bridgehead atoms. The Morgan fingerprint density at radius 2 is 1.74 bits per heavy atom. The first kappa shape index (κ1) is 17.9. The summed E-state index contributed by atoms with van der Waals surface area (Å²) in [7, 11) is 0. The first-order chi connectivity index (χ1) is 13.2. The third-order valence-corrected chi connectivity index (χ3v) is 6.14. The number of carbonyl (C=O) groups is 1. The molecule has 0 fully saturated rings. The van der Waals surface area contributed by atoms with Gasteiger partial charge in [-0.15, -0.1) is 22.7 Å². The molecule has 2 aromatic heterocycles. The van der Waals surface area contributed by atoms with E-state index in [0.717, 1.165) is 32.4 Å². The van der Waals surface area contributed by atoms with Gasteiger partial charge in [0.05, 0.1) is 17.1 Å². The fraction of sp³-hybridized carbons (Fsp3) is 0.0476. The van der Waals surface area contributed by atoms with Crippen LogP contribution in [0.1, 0.15) is 5.69 Å². The number of para-hydroxylation sites is 1. The zero-order chi connectivity index (χ0) is 18.6. The van der Waals surface area contributed by atoms with Gasteiger partial charge in [0.15, 0.2) is 0 Å². The van der Waals surface area contributed by atoms with E-state index in [9.17, 15) is 4.79 Å². The Morgan fingerprint density at radius 3 is 2.52 bits per heavy atom. The van der Waals surface area contributed by atoms with Crippen LogP contribution in [0.3, 0.4) is 0 Å². The Hall–Kier alpha value is -2.47. The smallest absolute Gasteiger partial charge is 0.230 e. The molecule has 0 spiro atoms.